The maximum Gasteiger partial charge on any atom is 0.417 e. The van der Waals surface area contributed by atoms with Crippen molar-refractivity contribution in [2.75, 3.05) is 13.2 Å². The molecule has 0 radical (unpaired) electrons. The lowest BCUT2D eigenvalue weighted by atomic mass is 9.83. The molecule has 1 unspecified atom stereocenters. The van der Waals surface area contributed by atoms with Crippen molar-refractivity contribution in [2.45, 2.75) is 74.7 Å². The number of rotatable bonds is 8. The van der Waals surface area contributed by atoms with E-state index in [2.05, 4.69) is 0 Å². The van der Waals surface area contributed by atoms with Gasteiger partial charge in [0, 0.05) is 30.4 Å². The smallest absolute Gasteiger partial charge is 0.417 e. The summed E-state index contributed by atoms with van der Waals surface area (Å²) < 4.78 is 87.1. The number of ether oxygens (including phenoxy) is 3. The zero-order valence-electron chi connectivity index (χ0n) is 23.6. The van der Waals surface area contributed by atoms with E-state index >= 15 is 0 Å². The summed E-state index contributed by atoms with van der Waals surface area (Å²) in [6, 6.07) is 13.8. The lowest BCUT2D eigenvalue weighted by Gasteiger charge is -2.35. The number of carboxylic acid groups (broad SMARTS) is 1. The van der Waals surface area contributed by atoms with Crippen LogP contribution in [0.25, 0.3) is 11.1 Å². The van der Waals surface area contributed by atoms with Crippen LogP contribution >= 0.6 is 0 Å². The molecule has 0 amide bonds. The lowest BCUT2D eigenvalue weighted by Crippen LogP contribution is -2.43. The molecule has 3 aromatic rings. The van der Waals surface area contributed by atoms with Crippen LogP contribution in [-0.2, 0) is 17.4 Å². The third-order valence-corrected chi connectivity index (χ3v) is 8.78. The standard InChI is InChI=1S/C33H31F5O6/c34-32(35)13-11-31(41,12-14-32)18-43-21-3-1-19(2-4-21)30-25-8-10-27(24(25)7-9-26(30)33(36,37)38)44-22-5-6-23-20(15-29(39)40)17-42-28(23)16-22/h1-7,9,16,20,27,41H,8,10-15,17-18H2,(H,39,40)/t20?,27-/m1/s1. The van der Waals surface area contributed by atoms with Crippen molar-refractivity contribution in [2.24, 2.45) is 0 Å². The highest BCUT2D eigenvalue weighted by Crippen LogP contribution is 2.47. The first-order chi connectivity index (χ1) is 20.8. The Morgan fingerprint density at radius 2 is 1.64 bits per heavy atom. The van der Waals surface area contributed by atoms with Crippen LogP contribution in [0.5, 0.6) is 17.2 Å². The summed E-state index contributed by atoms with van der Waals surface area (Å²) in [5.41, 5.74) is 0.223. The molecule has 2 aliphatic carbocycles. The number of hydrogen-bond acceptors (Lipinski definition) is 5. The quantitative estimate of drug-likeness (QED) is 0.252. The Balaban J connectivity index is 1.21. The van der Waals surface area contributed by atoms with E-state index in [1.807, 2.05) is 0 Å². The molecular formula is C33H31F5O6. The van der Waals surface area contributed by atoms with E-state index in [1.54, 1.807) is 18.2 Å². The first-order valence-electron chi connectivity index (χ1n) is 14.5. The molecule has 0 spiro atoms. The van der Waals surface area contributed by atoms with Gasteiger partial charge in [-0.15, -0.1) is 0 Å². The van der Waals surface area contributed by atoms with E-state index in [9.17, 15) is 31.9 Å². The van der Waals surface area contributed by atoms with E-state index in [-0.39, 0.29) is 44.0 Å². The fraction of sp³-hybridized carbons (Fsp3) is 0.424. The molecule has 1 saturated carbocycles. The Hall–Kier alpha value is -3.86. The minimum atomic E-state index is -4.60. The minimum Gasteiger partial charge on any atom is -0.492 e. The summed E-state index contributed by atoms with van der Waals surface area (Å²) in [6.45, 7) is 0.0640. The van der Waals surface area contributed by atoms with Crippen LogP contribution in [-0.4, -0.2) is 40.9 Å². The molecule has 6 nitrogen and oxygen atoms in total. The second-order valence-corrected chi connectivity index (χ2v) is 11.9. The number of aliphatic hydroxyl groups is 1. The molecule has 0 aromatic heterocycles. The Morgan fingerprint density at radius 1 is 0.955 bits per heavy atom. The topological polar surface area (TPSA) is 85.2 Å². The van der Waals surface area contributed by atoms with Gasteiger partial charge < -0.3 is 24.4 Å². The number of hydrogen-bond donors (Lipinski definition) is 2. The van der Waals surface area contributed by atoms with Crippen LogP contribution in [0.2, 0.25) is 0 Å². The van der Waals surface area contributed by atoms with E-state index in [1.165, 1.54) is 30.3 Å². The number of halogens is 5. The van der Waals surface area contributed by atoms with Gasteiger partial charge in [0.1, 0.15) is 30.0 Å². The van der Waals surface area contributed by atoms with Crippen molar-refractivity contribution in [3.8, 4) is 28.4 Å². The van der Waals surface area contributed by atoms with Gasteiger partial charge in [0.2, 0.25) is 5.92 Å². The number of fused-ring (bicyclic) bond motifs is 2. The molecule has 44 heavy (non-hydrogen) atoms. The summed E-state index contributed by atoms with van der Waals surface area (Å²) in [5.74, 6) is -2.65. The molecule has 0 saturated heterocycles. The summed E-state index contributed by atoms with van der Waals surface area (Å²) >= 11 is 0. The van der Waals surface area contributed by atoms with Gasteiger partial charge in [-0.3, -0.25) is 4.79 Å². The van der Waals surface area contributed by atoms with E-state index < -0.39 is 48.2 Å². The fourth-order valence-electron chi connectivity index (χ4n) is 6.39. The van der Waals surface area contributed by atoms with Crippen molar-refractivity contribution < 1.29 is 51.2 Å². The minimum absolute atomic E-state index is 0.0513. The number of carbonyl (C=O) groups is 1. The van der Waals surface area contributed by atoms with Crippen molar-refractivity contribution in [1.29, 1.82) is 0 Å². The highest BCUT2D eigenvalue weighted by Gasteiger charge is 2.43. The molecule has 1 fully saturated rings. The predicted octanol–water partition coefficient (Wildman–Crippen LogP) is 7.71. The maximum atomic E-state index is 14.2. The van der Waals surface area contributed by atoms with Gasteiger partial charge in [0.05, 0.1) is 24.2 Å². The molecule has 11 heteroatoms. The van der Waals surface area contributed by atoms with Gasteiger partial charge in [-0.1, -0.05) is 24.3 Å². The molecule has 6 rings (SSSR count). The van der Waals surface area contributed by atoms with Crippen LogP contribution in [0.1, 0.15) is 72.8 Å². The number of benzene rings is 3. The first-order valence-corrected chi connectivity index (χ1v) is 14.5. The van der Waals surface area contributed by atoms with Crippen LogP contribution in [0, 0.1) is 0 Å². The van der Waals surface area contributed by atoms with Crippen molar-refractivity contribution in [1.82, 2.24) is 0 Å². The molecule has 2 atom stereocenters. The third kappa shape index (κ3) is 6.20. The Kier molecular flexibility index (Phi) is 7.72. The van der Waals surface area contributed by atoms with E-state index in [4.69, 9.17) is 19.3 Å². The maximum absolute atomic E-state index is 14.2. The van der Waals surface area contributed by atoms with E-state index in [0.717, 1.165) is 11.6 Å². The van der Waals surface area contributed by atoms with Gasteiger partial charge in [-0.25, -0.2) is 8.78 Å². The summed E-state index contributed by atoms with van der Waals surface area (Å²) in [5, 5.41) is 19.8. The Bertz CT molecular complexity index is 1540. The highest BCUT2D eigenvalue weighted by atomic mass is 19.4. The highest BCUT2D eigenvalue weighted by molar-refractivity contribution is 5.75. The van der Waals surface area contributed by atoms with Gasteiger partial charge in [-0.05, 0) is 72.2 Å². The molecule has 234 valence electrons. The van der Waals surface area contributed by atoms with Gasteiger partial charge in [0.25, 0.3) is 0 Å². The average molecular weight is 619 g/mol. The second-order valence-electron chi connectivity index (χ2n) is 11.9. The van der Waals surface area contributed by atoms with E-state index in [0.29, 0.717) is 46.8 Å². The largest absolute Gasteiger partial charge is 0.492 e. The SMILES string of the molecule is O=C(O)CC1COc2cc(O[C@@H]3CCc4c3ccc(C(F)(F)F)c4-c3ccc(OCC4(O)CCC(F)(F)CC4)cc3)ccc21. The molecular weight excluding hydrogens is 587 g/mol. The summed E-state index contributed by atoms with van der Waals surface area (Å²) in [4.78, 5) is 11.1. The Morgan fingerprint density at radius 3 is 2.32 bits per heavy atom. The van der Waals surface area contributed by atoms with Crippen LogP contribution in [0.15, 0.2) is 54.6 Å². The van der Waals surface area contributed by atoms with Crippen LogP contribution in [0.3, 0.4) is 0 Å². The molecule has 3 aliphatic rings. The van der Waals surface area contributed by atoms with Crippen LogP contribution in [0.4, 0.5) is 22.0 Å². The zero-order valence-corrected chi connectivity index (χ0v) is 23.6. The zero-order chi connectivity index (χ0) is 31.3. The van der Waals surface area contributed by atoms with Gasteiger partial charge >= 0.3 is 12.1 Å². The first kappa shape index (κ1) is 30.2. The molecule has 0 bridgehead atoms. The van der Waals surface area contributed by atoms with Gasteiger partial charge in [-0.2, -0.15) is 13.2 Å². The summed E-state index contributed by atoms with van der Waals surface area (Å²) in [7, 11) is 0. The normalized spacial score (nSPS) is 21.7. The second kappa shape index (κ2) is 11.3. The summed E-state index contributed by atoms with van der Waals surface area (Å²) in [6.07, 6.45) is -5.39. The van der Waals surface area contributed by atoms with Crippen molar-refractivity contribution >= 4 is 5.97 Å². The number of aliphatic carboxylic acids is 1. The number of carboxylic acids is 1. The van der Waals surface area contributed by atoms with Gasteiger partial charge in [0.15, 0.2) is 0 Å². The predicted molar refractivity (Wildman–Crippen MR) is 149 cm³/mol. The lowest BCUT2D eigenvalue weighted by molar-refractivity contribution is -0.138. The monoisotopic (exact) mass is 618 g/mol. The Labute approximate surface area is 250 Å². The molecule has 2 N–H and O–H groups in total. The molecule has 1 aliphatic heterocycles. The molecule has 1 heterocycles. The number of alkyl halides is 5. The van der Waals surface area contributed by atoms with Crippen molar-refractivity contribution in [3.63, 3.8) is 0 Å². The molecule has 3 aromatic carbocycles. The van der Waals surface area contributed by atoms with Crippen LogP contribution < -0.4 is 14.2 Å². The third-order valence-electron chi connectivity index (χ3n) is 8.78. The average Bonchev–Trinajstić information content (AvgIpc) is 3.56. The van der Waals surface area contributed by atoms with Crippen molar-refractivity contribution in [3.05, 3.63) is 76.9 Å². The fourth-order valence-corrected chi connectivity index (χ4v) is 6.39.